The highest BCUT2D eigenvalue weighted by Crippen LogP contribution is 2.31. The van der Waals surface area contributed by atoms with E-state index in [9.17, 15) is 26.7 Å². The number of hydrogen-bond donors (Lipinski definition) is 3. The quantitative estimate of drug-likeness (QED) is 0.342. The van der Waals surface area contributed by atoms with Crippen molar-refractivity contribution in [3.63, 3.8) is 0 Å². The predicted octanol–water partition coefficient (Wildman–Crippen LogP) is 3.78. The first kappa shape index (κ1) is 34.5. The van der Waals surface area contributed by atoms with Crippen LogP contribution >= 0.6 is 27.0 Å². The van der Waals surface area contributed by atoms with Crippen LogP contribution in [-0.4, -0.2) is 81.4 Å². The molecule has 1 fully saturated rings. The minimum Gasteiger partial charge on any atom is -0.495 e. The van der Waals surface area contributed by atoms with Gasteiger partial charge in [-0.05, 0) is 56.3 Å². The number of likely N-dealkylation sites (tertiary alicyclic amines) is 1. The van der Waals surface area contributed by atoms with E-state index in [0.29, 0.717) is 41.0 Å². The van der Waals surface area contributed by atoms with Gasteiger partial charge in [-0.3, -0.25) is 0 Å². The number of ether oxygens (including phenoxy) is 1. The molecule has 0 amide bonds. The molecule has 3 aromatic rings. The fraction of sp³-hybridized carbons (Fsp3) is 0.407. The summed E-state index contributed by atoms with van der Waals surface area (Å²) in [6.07, 6.45) is -3.27. The topological polar surface area (TPSA) is 95.8 Å². The second-order valence-electron chi connectivity index (χ2n) is 9.63. The van der Waals surface area contributed by atoms with Crippen LogP contribution in [0.3, 0.4) is 0 Å². The van der Waals surface area contributed by atoms with Crippen molar-refractivity contribution >= 4 is 59.1 Å². The smallest absolute Gasteiger partial charge is 0.406 e. The van der Waals surface area contributed by atoms with E-state index in [2.05, 4.69) is 22.5 Å². The van der Waals surface area contributed by atoms with Crippen LogP contribution in [0.15, 0.2) is 47.4 Å². The number of sulfone groups is 1. The fourth-order valence-corrected chi connectivity index (χ4v) is 5.28. The Morgan fingerprint density at radius 2 is 1.88 bits per heavy atom. The van der Waals surface area contributed by atoms with Gasteiger partial charge in [-0.1, -0.05) is 12.0 Å². The maximum Gasteiger partial charge on any atom is 0.406 e. The number of methoxy groups -OCH3 is 1. The Balaban J connectivity index is 0.00000294. The molecule has 1 saturated heterocycles. The third-order valence-electron chi connectivity index (χ3n) is 6.59. The van der Waals surface area contributed by atoms with Gasteiger partial charge in [0.25, 0.3) is 0 Å². The average molecular weight is 633 g/mol. The lowest BCUT2D eigenvalue weighted by Gasteiger charge is -2.34. The van der Waals surface area contributed by atoms with Crippen molar-refractivity contribution in [3.8, 4) is 17.6 Å². The zero-order valence-electron chi connectivity index (χ0n) is 22.8. The minimum absolute atomic E-state index is 0. The van der Waals surface area contributed by atoms with Crippen LogP contribution in [0.5, 0.6) is 5.75 Å². The predicted molar refractivity (Wildman–Crippen MR) is 166 cm³/mol. The van der Waals surface area contributed by atoms with Gasteiger partial charge in [0.1, 0.15) is 12.3 Å². The lowest BCUT2D eigenvalue weighted by Crippen LogP contribution is -2.48. The monoisotopic (exact) mass is 632 g/mol. The van der Waals surface area contributed by atoms with Crippen LogP contribution in [0, 0.1) is 11.8 Å². The molecular formula is C27H35F3N4O4S3. The van der Waals surface area contributed by atoms with E-state index in [1.54, 1.807) is 30.3 Å². The molecule has 1 aliphatic heterocycles. The first-order valence-electron chi connectivity index (χ1n) is 12.3. The van der Waals surface area contributed by atoms with E-state index in [4.69, 9.17) is 4.74 Å². The molecule has 0 spiro atoms. The molecule has 2 atom stereocenters. The van der Waals surface area contributed by atoms with E-state index in [1.165, 1.54) is 19.2 Å². The number of halogens is 3. The zero-order chi connectivity index (χ0) is 28.4. The maximum absolute atomic E-state index is 13.5. The molecular weight excluding hydrogens is 598 g/mol. The molecule has 41 heavy (non-hydrogen) atoms. The third kappa shape index (κ3) is 8.65. The fourth-order valence-electron chi connectivity index (χ4n) is 4.64. The van der Waals surface area contributed by atoms with E-state index >= 15 is 0 Å². The van der Waals surface area contributed by atoms with E-state index in [-0.39, 0.29) is 50.2 Å². The first-order valence-corrected chi connectivity index (χ1v) is 14.2. The summed E-state index contributed by atoms with van der Waals surface area (Å²) in [7, 11) is -0.0809. The van der Waals surface area contributed by atoms with Gasteiger partial charge in [-0.2, -0.15) is 40.2 Å². The van der Waals surface area contributed by atoms with Crippen LogP contribution in [0.25, 0.3) is 10.9 Å². The Kier molecular flexibility index (Phi) is 11.8. The van der Waals surface area contributed by atoms with Crippen molar-refractivity contribution in [3.05, 3.63) is 48.2 Å². The number of likely N-dealkylation sites (N-methyl/N-ethyl adjacent to an activating group) is 1. The number of nitrogens with one attached hydrogen (secondary N) is 2. The second-order valence-corrected chi connectivity index (χ2v) is 11.6. The Bertz CT molecular complexity index is 1520. The Hall–Kier alpha value is -2.70. The highest BCUT2D eigenvalue weighted by Gasteiger charge is 2.30. The summed E-state index contributed by atoms with van der Waals surface area (Å²) in [6.45, 7) is 0.184. The lowest BCUT2D eigenvalue weighted by molar-refractivity contribution is -0.140. The van der Waals surface area contributed by atoms with Gasteiger partial charge in [0.15, 0.2) is 9.84 Å². The summed E-state index contributed by atoms with van der Waals surface area (Å²) in [5, 5.41) is 17.4. The summed E-state index contributed by atoms with van der Waals surface area (Å²) in [6, 6.07) is 10.9. The Morgan fingerprint density at radius 3 is 2.51 bits per heavy atom. The maximum atomic E-state index is 13.5. The summed E-state index contributed by atoms with van der Waals surface area (Å²) in [5.41, 5.74) is 1.72. The van der Waals surface area contributed by atoms with Crippen LogP contribution in [0.4, 0.5) is 24.5 Å². The molecule has 0 unspecified atom stereocenters. The van der Waals surface area contributed by atoms with Gasteiger partial charge in [0.05, 0.1) is 47.6 Å². The van der Waals surface area contributed by atoms with E-state index < -0.39 is 28.7 Å². The molecule has 4 rings (SSSR count). The summed E-state index contributed by atoms with van der Waals surface area (Å²) in [4.78, 5) is 2.13. The molecule has 2 heterocycles. The third-order valence-corrected chi connectivity index (χ3v) is 7.70. The summed E-state index contributed by atoms with van der Waals surface area (Å²) in [5.74, 6) is 6.00. The molecule has 2 aromatic carbocycles. The number of aliphatic hydroxyl groups excluding tert-OH is 1. The van der Waals surface area contributed by atoms with Crippen molar-refractivity contribution in [2.24, 2.45) is 0 Å². The number of β-amino-alcohol motifs (C(OH)–C–C–N with tert-alkyl or cyclic N) is 1. The normalized spacial score (nSPS) is 17.5. The van der Waals surface area contributed by atoms with Crippen molar-refractivity contribution in [2.45, 2.75) is 36.2 Å². The van der Waals surface area contributed by atoms with Crippen LogP contribution in [0.2, 0.25) is 0 Å². The number of rotatable bonds is 7. The highest BCUT2D eigenvalue weighted by molar-refractivity contribution is 7.90. The van der Waals surface area contributed by atoms with E-state index in [0.717, 1.165) is 17.4 Å². The van der Waals surface area contributed by atoms with Gasteiger partial charge in [-0.25, -0.2) is 8.42 Å². The molecule has 0 saturated carbocycles. The number of fused-ring (bicyclic) bond motifs is 1. The molecule has 226 valence electrons. The van der Waals surface area contributed by atoms with Crippen LogP contribution in [0.1, 0.15) is 12.1 Å². The zero-order valence-corrected chi connectivity index (χ0v) is 25.7. The number of anilines is 2. The van der Waals surface area contributed by atoms with Crippen LogP contribution < -0.4 is 15.4 Å². The molecule has 0 bridgehead atoms. The van der Waals surface area contributed by atoms with Gasteiger partial charge >= 0.3 is 6.18 Å². The van der Waals surface area contributed by atoms with Crippen molar-refractivity contribution < 1.29 is 31.4 Å². The SMILES string of the molecule is COc1cc(S(C)(=O)=O)ccc1NCC#Cc1cc2c(N[C@H]3CCN(C)C[C@@H]3O)cccc2n1CC(F)(F)F.S.S. The molecule has 1 aromatic heterocycles. The molecule has 0 aliphatic carbocycles. The number of aliphatic hydroxyl groups is 1. The standard InChI is InChI=1S/C27H31F3N4O4S.2H2S/c1-33-13-11-22(25(35)16-33)32-21-7-4-8-24-20(21)14-18(34(24)17-27(28,29)30)6-5-12-31-23-10-9-19(39(3,36)37)15-26(23)38-2;;/h4,7-10,14-15,22,25,31-32,35H,11-13,16-17H2,1-3H3;2*1H2/t22-,25-;;/m0../s1. The summed E-state index contributed by atoms with van der Waals surface area (Å²) < 4.78 is 70.5. The Morgan fingerprint density at radius 1 is 1.15 bits per heavy atom. The largest absolute Gasteiger partial charge is 0.495 e. The van der Waals surface area contributed by atoms with Gasteiger partial charge < -0.3 is 29.9 Å². The average Bonchev–Trinajstić information content (AvgIpc) is 3.19. The lowest BCUT2D eigenvalue weighted by atomic mass is 10.0. The number of hydrogen-bond acceptors (Lipinski definition) is 7. The molecule has 8 nitrogen and oxygen atoms in total. The Labute approximate surface area is 252 Å². The number of alkyl halides is 3. The molecule has 14 heteroatoms. The first-order chi connectivity index (χ1) is 18.4. The number of benzene rings is 2. The van der Waals surface area contributed by atoms with Crippen molar-refractivity contribution in [1.29, 1.82) is 0 Å². The van der Waals surface area contributed by atoms with Gasteiger partial charge in [0.2, 0.25) is 0 Å². The number of piperidine rings is 1. The van der Waals surface area contributed by atoms with Gasteiger partial charge in [0, 0.05) is 29.9 Å². The highest BCUT2D eigenvalue weighted by atomic mass is 32.2. The summed E-state index contributed by atoms with van der Waals surface area (Å²) >= 11 is 0. The van der Waals surface area contributed by atoms with Gasteiger partial charge in [-0.15, -0.1) is 0 Å². The number of aromatic nitrogens is 1. The number of nitrogens with zero attached hydrogens (tertiary/aromatic N) is 2. The minimum atomic E-state index is -4.46. The van der Waals surface area contributed by atoms with Crippen molar-refractivity contribution in [1.82, 2.24) is 9.47 Å². The molecule has 3 N–H and O–H groups in total. The molecule has 1 aliphatic rings. The van der Waals surface area contributed by atoms with E-state index in [1.807, 2.05) is 11.9 Å². The van der Waals surface area contributed by atoms with Crippen molar-refractivity contribution in [2.75, 3.05) is 50.7 Å². The second kappa shape index (κ2) is 14.0. The molecule has 0 radical (unpaired) electrons. The van der Waals surface area contributed by atoms with Crippen LogP contribution in [-0.2, 0) is 16.4 Å².